The molecule has 1 fully saturated rings. The molecular weight excluding hydrogens is 252 g/mol. The molecule has 1 aliphatic heterocycles. The molecule has 6 heteroatoms. The number of carbonyl (C=O) groups is 1. The Morgan fingerprint density at radius 3 is 2.63 bits per heavy atom. The van der Waals surface area contributed by atoms with Crippen LogP contribution in [0.25, 0.3) is 0 Å². The number of hydrogen-bond acceptors (Lipinski definition) is 6. The predicted octanol–water partition coefficient (Wildman–Crippen LogP) is -0.0635. The van der Waals surface area contributed by atoms with Gasteiger partial charge in [0.25, 0.3) is 0 Å². The number of benzene rings is 1. The Morgan fingerprint density at radius 2 is 2.05 bits per heavy atom. The smallest absolute Gasteiger partial charge is 0.338 e. The van der Waals surface area contributed by atoms with Crippen molar-refractivity contribution in [3.05, 3.63) is 35.9 Å². The van der Waals surface area contributed by atoms with Crippen molar-refractivity contribution in [2.75, 3.05) is 13.7 Å². The molecule has 0 aromatic heterocycles. The van der Waals surface area contributed by atoms with Crippen molar-refractivity contribution in [2.45, 2.75) is 24.6 Å². The Labute approximate surface area is 110 Å². The molecule has 0 unspecified atom stereocenters. The molecule has 0 spiro atoms. The van der Waals surface area contributed by atoms with E-state index in [1.54, 1.807) is 30.3 Å². The maximum absolute atomic E-state index is 11.9. The largest absolute Gasteiger partial charge is 0.450 e. The van der Waals surface area contributed by atoms with E-state index in [9.17, 15) is 9.90 Å². The topological polar surface area (TPSA) is 85.2 Å². The van der Waals surface area contributed by atoms with E-state index in [1.807, 2.05) is 0 Å². The van der Waals surface area contributed by atoms with Gasteiger partial charge in [-0.3, -0.25) is 0 Å². The molecule has 1 aromatic carbocycles. The normalized spacial score (nSPS) is 30.3. The van der Waals surface area contributed by atoms with Gasteiger partial charge in [-0.1, -0.05) is 18.2 Å². The fraction of sp³-hybridized carbons (Fsp3) is 0.462. The minimum Gasteiger partial charge on any atom is -0.450 e. The summed E-state index contributed by atoms with van der Waals surface area (Å²) in [6.07, 6.45) is -3.80. The zero-order valence-corrected chi connectivity index (χ0v) is 10.4. The molecule has 1 aromatic rings. The Kier molecular flexibility index (Phi) is 4.49. The summed E-state index contributed by atoms with van der Waals surface area (Å²) in [5.41, 5.74) is 0.372. The first-order chi connectivity index (χ1) is 9.17. The standard InChI is InChI=1S/C13H16O6/c1-17-13-11(10(15)9(7-14)18-13)19-12(16)8-5-3-2-4-6-8/h2-6,9-11,13-15H,7H2,1H3/t9-,10-,11+,13+/m0/s1. The molecule has 1 saturated heterocycles. The van der Waals surface area contributed by atoms with Gasteiger partial charge < -0.3 is 24.4 Å². The third-order valence-electron chi connectivity index (χ3n) is 2.96. The SMILES string of the molecule is CO[C@@H]1O[C@@H](CO)[C@H](O)[C@H]1OC(=O)c1ccccc1. The number of esters is 1. The van der Waals surface area contributed by atoms with Gasteiger partial charge in [-0.15, -0.1) is 0 Å². The maximum Gasteiger partial charge on any atom is 0.338 e. The summed E-state index contributed by atoms with van der Waals surface area (Å²) in [7, 11) is 1.38. The van der Waals surface area contributed by atoms with E-state index in [-0.39, 0.29) is 6.61 Å². The fourth-order valence-electron chi connectivity index (χ4n) is 1.93. The van der Waals surface area contributed by atoms with Crippen molar-refractivity contribution in [2.24, 2.45) is 0 Å². The molecule has 0 amide bonds. The van der Waals surface area contributed by atoms with Gasteiger partial charge >= 0.3 is 5.97 Å². The van der Waals surface area contributed by atoms with Crippen molar-refractivity contribution in [3.8, 4) is 0 Å². The van der Waals surface area contributed by atoms with Crippen molar-refractivity contribution in [3.63, 3.8) is 0 Å². The van der Waals surface area contributed by atoms with Crippen LogP contribution in [0.4, 0.5) is 0 Å². The summed E-state index contributed by atoms with van der Waals surface area (Å²) in [6, 6.07) is 8.42. The molecule has 6 nitrogen and oxygen atoms in total. The highest BCUT2D eigenvalue weighted by molar-refractivity contribution is 5.89. The summed E-state index contributed by atoms with van der Waals surface area (Å²) < 4.78 is 15.4. The summed E-state index contributed by atoms with van der Waals surface area (Å²) in [6.45, 7) is -0.375. The second-order valence-corrected chi connectivity index (χ2v) is 4.19. The van der Waals surface area contributed by atoms with Crippen molar-refractivity contribution in [1.82, 2.24) is 0 Å². The van der Waals surface area contributed by atoms with Crippen molar-refractivity contribution >= 4 is 5.97 Å². The molecule has 4 atom stereocenters. The minimum absolute atomic E-state index is 0.372. The molecule has 0 bridgehead atoms. The fourth-order valence-corrected chi connectivity index (χ4v) is 1.93. The quantitative estimate of drug-likeness (QED) is 0.744. The highest BCUT2D eigenvalue weighted by Crippen LogP contribution is 2.25. The molecule has 2 rings (SSSR count). The first kappa shape index (κ1) is 14.0. The zero-order chi connectivity index (χ0) is 13.8. The van der Waals surface area contributed by atoms with E-state index in [4.69, 9.17) is 19.3 Å². The van der Waals surface area contributed by atoms with E-state index in [0.717, 1.165) is 0 Å². The summed E-state index contributed by atoms with van der Waals surface area (Å²) in [4.78, 5) is 11.9. The van der Waals surface area contributed by atoms with Crippen LogP contribution < -0.4 is 0 Å². The van der Waals surface area contributed by atoms with Crippen LogP contribution in [0.5, 0.6) is 0 Å². The molecular formula is C13H16O6. The average Bonchev–Trinajstić information content (AvgIpc) is 2.76. The molecule has 0 aliphatic carbocycles. The summed E-state index contributed by atoms with van der Waals surface area (Å²) in [5, 5.41) is 18.9. The van der Waals surface area contributed by atoms with Gasteiger partial charge in [0.15, 0.2) is 12.4 Å². The summed E-state index contributed by atoms with van der Waals surface area (Å²) >= 11 is 0. The van der Waals surface area contributed by atoms with Crippen LogP contribution in [0, 0.1) is 0 Å². The van der Waals surface area contributed by atoms with Crippen molar-refractivity contribution < 1.29 is 29.2 Å². The molecule has 0 saturated carbocycles. The minimum atomic E-state index is -1.12. The highest BCUT2D eigenvalue weighted by Gasteiger charge is 2.46. The lowest BCUT2D eigenvalue weighted by Gasteiger charge is -2.19. The molecule has 19 heavy (non-hydrogen) atoms. The lowest BCUT2D eigenvalue weighted by atomic mass is 10.1. The Balaban J connectivity index is 2.07. The Hall–Kier alpha value is -1.47. The first-order valence-electron chi connectivity index (χ1n) is 5.90. The van der Waals surface area contributed by atoms with E-state index in [2.05, 4.69) is 0 Å². The van der Waals surface area contributed by atoms with Gasteiger partial charge in [-0.25, -0.2) is 4.79 Å². The highest BCUT2D eigenvalue weighted by atomic mass is 16.7. The maximum atomic E-state index is 11.9. The van der Waals surface area contributed by atoms with Gasteiger partial charge in [0, 0.05) is 7.11 Å². The van der Waals surface area contributed by atoms with Crippen LogP contribution in [-0.4, -0.2) is 54.5 Å². The Morgan fingerprint density at radius 1 is 1.37 bits per heavy atom. The lowest BCUT2D eigenvalue weighted by Crippen LogP contribution is -2.38. The number of rotatable bonds is 4. The number of aliphatic hydroxyl groups excluding tert-OH is 2. The van der Waals surface area contributed by atoms with E-state index in [1.165, 1.54) is 7.11 Å². The van der Waals surface area contributed by atoms with Gasteiger partial charge in [0.05, 0.1) is 12.2 Å². The van der Waals surface area contributed by atoms with Crippen LogP contribution in [0.15, 0.2) is 30.3 Å². The van der Waals surface area contributed by atoms with Gasteiger partial charge in [-0.05, 0) is 12.1 Å². The van der Waals surface area contributed by atoms with E-state index < -0.39 is 30.6 Å². The number of carbonyl (C=O) groups excluding carboxylic acids is 1. The summed E-state index contributed by atoms with van der Waals surface area (Å²) in [5.74, 6) is -0.575. The van der Waals surface area contributed by atoms with Gasteiger partial charge in [0.1, 0.15) is 12.2 Å². The number of methoxy groups -OCH3 is 1. The Bertz CT molecular complexity index is 418. The molecule has 0 radical (unpaired) electrons. The zero-order valence-electron chi connectivity index (χ0n) is 10.4. The monoisotopic (exact) mass is 268 g/mol. The lowest BCUT2D eigenvalue weighted by molar-refractivity contribution is -0.154. The van der Waals surface area contributed by atoms with Crippen LogP contribution in [-0.2, 0) is 14.2 Å². The molecule has 2 N–H and O–H groups in total. The number of aliphatic hydroxyl groups is 2. The van der Waals surface area contributed by atoms with Crippen LogP contribution in [0.2, 0.25) is 0 Å². The van der Waals surface area contributed by atoms with Crippen LogP contribution >= 0.6 is 0 Å². The van der Waals surface area contributed by atoms with Crippen LogP contribution in [0.1, 0.15) is 10.4 Å². The second-order valence-electron chi connectivity index (χ2n) is 4.19. The number of ether oxygens (including phenoxy) is 3. The van der Waals surface area contributed by atoms with E-state index >= 15 is 0 Å². The number of hydrogen-bond donors (Lipinski definition) is 2. The average molecular weight is 268 g/mol. The molecule has 1 aliphatic rings. The van der Waals surface area contributed by atoms with Gasteiger partial charge in [-0.2, -0.15) is 0 Å². The second kappa shape index (κ2) is 6.12. The first-order valence-corrected chi connectivity index (χ1v) is 5.90. The van der Waals surface area contributed by atoms with Gasteiger partial charge in [0.2, 0.25) is 0 Å². The van der Waals surface area contributed by atoms with Crippen molar-refractivity contribution in [1.29, 1.82) is 0 Å². The molecule has 104 valence electrons. The van der Waals surface area contributed by atoms with Crippen LogP contribution in [0.3, 0.4) is 0 Å². The molecule has 1 heterocycles. The predicted molar refractivity (Wildman–Crippen MR) is 64.4 cm³/mol. The third-order valence-corrected chi connectivity index (χ3v) is 2.96. The third kappa shape index (κ3) is 2.93. The van der Waals surface area contributed by atoms with E-state index in [0.29, 0.717) is 5.56 Å².